The fourth-order valence-electron chi connectivity index (χ4n) is 4.14. The Bertz CT molecular complexity index is 1370. The lowest BCUT2D eigenvalue weighted by molar-refractivity contribution is 0.0533. The minimum Gasteiger partial charge on any atom is -0.507 e. The summed E-state index contributed by atoms with van der Waals surface area (Å²) in [7, 11) is 0. The first kappa shape index (κ1) is 22.3. The van der Waals surface area contributed by atoms with E-state index in [-0.39, 0.29) is 23.1 Å². The third-order valence-electron chi connectivity index (χ3n) is 6.17. The molecule has 0 bridgehead atoms. The SMILES string of the molecule is Cc1ccccc1-c1nnc(-c2ccc(C(=O)N3CCN(C(=O)c4ccccc4O)CC3)cc2)o1. The van der Waals surface area contributed by atoms with Gasteiger partial charge in [-0.05, 0) is 55.0 Å². The molecule has 1 saturated heterocycles. The normalized spacial score (nSPS) is 13.6. The van der Waals surface area contributed by atoms with Gasteiger partial charge < -0.3 is 19.3 Å². The van der Waals surface area contributed by atoms with Crippen molar-refractivity contribution in [1.82, 2.24) is 20.0 Å². The molecule has 2 heterocycles. The van der Waals surface area contributed by atoms with Gasteiger partial charge in [0.2, 0.25) is 11.8 Å². The van der Waals surface area contributed by atoms with Crippen LogP contribution in [-0.2, 0) is 0 Å². The van der Waals surface area contributed by atoms with Crippen LogP contribution < -0.4 is 0 Å². The molecule has 8 heteroatoms. The standard InChI is InChI=1S/C27H24N4O4/c1-18-6-2-3-7-21(18)25-29-28-24(35-25)19-10-12-20(13-11-19)26(33)30-14-16-31(17-15-30)27(34)22-8-4-5-9-23(22)32/h2-13,32H,14-17H2,1H3. The summed E-state index contributed by atoms with van der Waals surface area (Å²) in [6, 6.07) is 21.4. The molecule has 1 aliphatic heterocycles. The second-order valence-electron chi connectivity index (χ2n) is 8.41. The van der Waals surface area contributed by atoms with Gasteiger partial charge in [0, 0.05) is 42.9 Å². The molecule has 4 aromatic rings. The van der Waals surface area contributed by atoms with E-state index in [1.165, 1.54) is 6.07 Å². The molecule has 35 heavy (non-hydrogen) atoms. The Hall–Kier alpha value is -4.46. The van der Waals surface area contributed by atoms with Gasteiger partial charge in [-0.15, -0.1) is 10.2 Å². The van der Waals surface area contributed by atoms with Gasteiger partial charge in [0.05, 0.1) is 5.56 Å². The Morgan fingerprint density at radius 3 is 2.06 bits per heavy atom. The molecular weight excluding hydrogens is 444 g/mol. The van der Waals surface area contributed by atoms with E-state index < -0.39 is 0 Å². The highest BCUT2D eigenvalue weighted by Crippen LogP contribution is 2.26. The van der Waals surface area contributed by atoms with Crippen LogP contribution in [0.2, 0.25) is 0 Å². The first-order valence-electron chi connectivity index (χ1n) is 11.4. The zero-order chi connectivity index (χ0) is 24.4. The van der Waals surface area contributed by atoms with Crippen molar-refractivity contribution in [1.29, 1.82) is 0 Å². The van der Waals surface area contributed by atoms with E-state index in [1.807, 2.05) is 31.2 Å². The molecule has 0 radical (unpaired) electrons. The molecule has 3 aromatic carbocycles. The second kappa shape index (κ2) is 9.42. The van der Waals surface area contributed by atoms with Crippen molar-refractivity contribution in [2.45, 2.75) is 6.92 Å². The number of carbonyl (C=O) groups excluding carboxylic acids is 2. The number of carbonyl (C=O) groups is 2. The first-order chi connectivity index (χ1) is 17.0. The number of rotatable bonds is 4. The van der Waals surface area contributed by atoms with Crippen molar-refractivity contribution in [3.63, 3.8) is 0 Å². The van der Waals surface area contributed by atoms with Gasteiger partial charge in [0.1, 0.15) is 5.75 Å². The number of piperazine rings is 1. The van der Waals surface area contributed by atoms with Crippen molar-refractivity contribution in [3.05, 3.63) is 89.5 Å². The lowest BCUT2D eigenvalue weighted by Crippen LogP contribution is -2.50. The average molecular weight is 469 g/mol. The monoisotopic (exact) mass is 468 g/mol. The third kappa shape index (κ3) is 4.50. The zero-order valence-corrected chi connectivity index (χ0v) is 19.2. The molecule has 2 amide bonds. The largest absolute Gasteiger partial charge is 0.507 e. The number of hydrogen-bond acceptors (Lipinski definition) is 6. The number of phenolic OH excluding ortho intramolecular Hbond substituents is 1. The molecule has 1 aromatic heterocycles. The lowest BCUT2D eigenvalue weighted by atomic mass is 10.1. The number of benzene rings is 3. The number of nitrogens with zero attached hydrogens (tertiary/aromatic N) is 4. The predicted octanol–water partition coefficient (Wildman–Crippen LogP) is 4.02. The Morgan fingerprint density at radius 2 is 1.37 bits per heavy atom. The van der Waals surface area contributed by atoms with Crippen molar-refractivity contribution in [2.24, 2.45) is 0 Å². The van der Waals surface area contributed by atoms with Crippen LogP contribution >= 0.6 is 0 Å². The van der Waals surface area contributed by atoms with Crippen LogP contribution in [0, 0.1) is 6.92 Å². The van der Waals surface area contributed by atoms with Gasteiger partial charge >= 0.3 is 0 Å². The second-order valence-corrected chi connectivity index (χ2v) is 8.41. The van der Waals surface area contributed by atoms with Gasteiger partial charge in [0.25, 0.3) is 11.8 Å². The maximum absolute atomic E-state index is 13.0. The van der Waals surface area contributed by atoms with Crippen LogP contribution in [0.3, 0.4) is 0 Å². The smallest absolute Gasteiger partial charge is 0.257 e. The minimum absolute atomic E-state index is 0.0385. The molecule has 176 valence electrons. The Kier molecular flexibility index (Phi) is 6.01. The fraction of sp³-hybridized carbons (Fsp3) is 0.185. The summed E-state index contributed by atoms with van der Waals surface area (Å²) in [5.74, 6) is 0.470. The average Bonchev–Trinajstić information content (AvgIpc) is 3.39. The third-order valence-corrected chi connectivity index (χ3v) is 6.17. The van der Waals surface area contributed by atoms with Crippen LogP contribution in [0.15, 0.2) is 77.2 Å². The van der Waals surface area contributed by atoms with Crippen LogP contribution in [0.5, 0.6) is 5.75 Å². The number of hydrogen-bond donors (Lipinski definition) is 1. The van der Waals surface area contributed by atoms with E-state index in [0.29, 0.717) is 43.5 Å². The van der Waals surface area contributed by atoms with Crippen LogP contribution in [-0.4, -0.2) is 63.1 Å². The molecule has 0 spiro atoms. The van der Waals surface area contributed by atoms with E-state index in [4.69, 9.17) is 4.42 Å². The number of aryl methyl sites for hydroxylation is 1. The van der Waals surface area contributed by atoms with Crippen LogP contribution in [0.4, 0.5) is 0 Å². The minimum atomic E-state index is -0.232. The number of aromatic hydroxyl groups is 1. The number of amides is 2. The van der Waals surface area contributed by atoms with Gasteiger partial charge in [-0.25, -0.2) is 0 Å². The molecule has 1 fully saturated rings. The first-order valence-corrected chi connectivity index (χ1v) is 11.4. The van der Waals surface area contributed by atoms with E-state index in [2.05, 4.69) is 10.2 Å². The molecule has 5 rings (SSSR count). The summed E-state index contributed by atoms with van der Waals surface area (Å²) in [5, 5.41) is 18.3. The summed E-state index contributed by atoms with van der Waals surface area (Å²) in [5.41, 5.74) is 3.48. The summed E-state index contributed by atoms with van der Waals surface area (Å²) in [6.45, 7) is 3.63. The molecule has 0 unspecified atom stereocenters. The molecule has 0 saturated carbocycles. The van der Waals surface area contributed by atoms with Crippen molar-refractivity contribution in [3.8, 4) is 28.7 Å². The Labute approximate surface area is 202 Å². The highest BCUT2D eigenvalue weighted by molar-refractivity contribution is 5.97. The van der Waals surface area contributed by atoms with Crippen LogP contribution in [0.1, 0.15) is 26.3 Å². The highest BCUT2D eigenvalue weighted by atomic mass is 16.4. The molecule has 1 N–H and O–H groups in total. The predicted molar refractivity (Wildman–Crippen MR) is 130 cm³/mol. The van der Waals surface area contributed by atoms with E-state index in [0.717, 1.165) is 16.7 Å². The lowest BCUT2D eigenvalue weighted by Gasteiger charge is -2.35. The fourth-order valence-corrected chi connectivity index (χ4v) is 4.14. The van der Waals surface area contributed by atoms with Crippen molar-refractivity contribution in [2.75, 3.05) is 26.2 Å². The quantitative estimate of drug-likeness (QED) is 0.486. The number of phenols is 1. The summed E-state index contributed by atoms with van der Waals surface area (Å²) >= 11 is 0. The van der Waals surface area contributed by atoms with Crippen molar-refractivity contribution < 1.29 is 19.1 Å². The Morgan fingerprint density at radius 1 is 0.771 bits per heavy atom. The maximum Gasteiger partial charge on any atom is 0.257 e. The molecule has 0 atom stereocenters. The maximum atomic E-state index is 13.0. The van der Waals surface area contributed by atoms with E-state index >= 15 is 0 Å². The van der Waals surface area contributed by atoms with Gasteiger partial charge in [-0.3, -0.25) is 9.59 Å². The Balaban J connectivity index is 1.23. The van der Waals surface area contributed by atoms with Crippen LogP contribution in [0.25, 0.3) is 22.9 Å². The van der Waals surface area contributed by atoms with Gasteiger partial charge in [-0.2, -0.15) is 0 Å². The van der Waals surface area contributed by atoms with Crippen molar-refractivity contribution >= 4 is 11.8 Å². The number of aromatic nitrogens is 2. The summed E-state index contributed by atoms with van der Waals surface area (Å²) in [4.78, 5) is 29.1. The summed E-state index contributed by atoms with van der Waals surface area (Å²) < 4.78 is 5.86. The van der Waals surface area contributed by atoms with E-state index in [9.17, 15) is 14.7 Å². The molecular formula is C27H24N4O4. The highest BCUT2D eigenvalue weighted by Gasteiger charge is 2.26. The van der Waals surface area contributed by atoms with Gasteiger partial charge in [-0.1, -0.05) is 30.3 Å². The van der Waals surface area contributed by atoms with E-state index in [1.54, 1.807) is 52.3 Å². The topological polar surface area (TPSA) is 99.8 Å². The molecule has 0 aliphatic carbocycles. The molecule has 1 aliphatic rings. The number of para-hydroxylation sites is 1. The van der Waals surface area contributed by atoms with Gasteiger partial charge in [0.15, 0.2) is 0 Å². The molecule has 8 nitrogen and oxygen atoms in total. The summed E-state index contributed by atoms with van der Waals surface area (Å²) in [6.07, 6.45) is 0. The zero-order valence-electron chi connectivity index (χ0n) is 19.2.